The van der Waals surface area contributed by atoms with Gasteiger partial charge in [0.05, 0.1) is 19.5 Å². The van der Waals surface area contributed by atoms with E-state index in [4.69, 9.17) is 19.5 Å². The molecule has 0 radical (unpaired) electrons. The third kappa shape index (κ3) is 26.8. The first-order valence-corrected chi connectivity index (χ1v) is 32.0. The van der Waals surface area contributed by atoms with Crippen LogP contribution in [0.25, 0.3) is 11.2 Å². The Labute approximate surface area is 446 Å². The van der Waals surface area contributed by atoms with Gasteiger partial charge in [0.25, 0.3) is 0 Å². The van der Waals surface area contributed by atoms with Crippen molar-refractivity contribution in [3.63, 3.8) is 0 Å². The maximum absolute atomic E-state index is 12.8. The number of aliphatic hydroxyl groups is 2. The zero-order valence-electron chi connectivity index (χ0n) is 44.2. The molecule has 2 aromatic rings. The zero-order chi connectivity index (χ0) is 55.5. The number of hydrogen-bond acceptors (Lipinski definition) is 18. The third-order valence-electron chi connectivity index (χ3n) is 12.9. The van der Waals surface area contributed by atoms with Gasteiger partial charge in [0.1, 0.15) is 36.3 Å². The summed E-state index contributed by atoms with van der Waals surface area (Å²) in [5, 5.41) is 26.8. The second-order valence-corrected chi connectivity index (χ2v) is 25.5. The summed E-state index contributed by atoms with van der Waals surface area (Å²) in [6.45, 7) is 5.26. The number of hydrogen-bond donors (Lipinski definition) is 9. The van der Waals surface area contributed by atoms with Crippen LogP contribution in [0, 0.1) is 11.3 Å². The van der Waals surface area contributed by atoms with Crippen LogP contribution >= 0.6 is 35.2 Å². The van der Waals surface area contributed by atoms with Crippen LogP contribution in [-0.2, 0) is 50.7 Å². The molecular formula is C47H86N7O17P3S. The lowest BCUT2D eigenvalue weighted by Crippen LogP contribution is -2.46. The highest BCUT2D eigenvalue weighted by Gasteiger charge is 2.50. The molecule has 0 aliphatic carbocycles. The van der Waals surface area contributed by atoms with Crippen LogP contribution in [0.1, 0.15) is 182 Å². The van der Waals surface area contributed by atoms with E-state index < -0.39 is 84.6 Å². The number of phosphoric ester groups is 3. The van der Waals surface area contributed by atoms with Gasteiger partial charge in [-0.25, -0.2) is 28.6 Å². The maximum Gasteiger partial charge on any atom is 0.481 e. The van der Waals surface area contributed by atoms with Gasteiger partial charge in [0.2, 0.25) is 11.8 Å². The Hall–Kier alpha value is -2.44. The lowest BCUT2D eigenvalue weighted by atomic mass is 9.87. The monoisotopic (exact) mass is 1150 g/mol. The highest BCUT2D eigenvalue weighted by atomic mass is 32.2. The number of nitrogens with two attached hydrogens (primary N) is 1. The van der Waals surface area contributed by atoms with Crippen LogP contribution in [-0.4, -0.2) is 123 Å². The normalized spacial score (nSPS) is 19.7. The molecule has 1 aliphatic heterocycles. The number of unbranched alkanes of at least 4 members (excludes halogenated alkanes) is 17. The largest absolute Gasteiger partial charge is 0.481 e. The van der Waals surface area contributed by atoms with E-state index in [0.717, 1.165) is 54.2 Å². The van der Waals surface area contributed by atoms with Crippen molar-refractivity contribution in [2.45, 2.75) is 206 Å². The van der Waals surface area contributed by atoms with Gasteiger partial charge in [0.15, 0.2) is 22.8 Å². The molecule has 1 saturated heterocycles. The van der Waals surface area contributed by atoms with Crippen LogP contribution in [0.3, 0.4) is 0 Å². The molecule has 2 amide bonds. The van der Waals surface area contributed by atoms with Gasteiger partial charge in [-0.2, -0.15) is 4.31 Å². The van der Waals surface area contributed by atoms with Crippen LogP contribution < -0.4 is 16.4 Å². The molecule has 1 aliphatic rings. The maximum atomic E-state index is 12.8. The Morgan fingerprint density at radius 1 is 0.800 bits per heavy atom. The van der Waals surface area contributed by atoms with E-state index in [1.54, 1.807) is 0 Å². The molecule has 2 aromatic heterocycles. The van der Waals surface area contributed by atoms with Crippen molar-refractivity contribution in [3.8, 4) is 0 Å². The third-order valence-corrected chi connectivity index (χ3v) is 16.9. The van der Waals surface area contributed by atoms with E-state index in [0.29, 0.717) is 12.2 Å². The number of aromatic nitrogens is 4. The van der Waals surface area contributed by atoms with Gasteiger partial charge in [0, 0.05) is 37.1 Å². The van der Waals surface area contributed by atoms with Crippen molar-refractivity contribution >= 4 is 69.1 Å². The number of nitrogens with one attached hydrogen (secondary N) is 2. The number of phosphoric acid groups is 3. The van der Waals surface area contributed by atoms with Crippen molar-refractivity contribution in [2.75, 3.05) is 37.8 Å². The average molecular weight is 1150 g/mol. The molecule has 3 heterocycles. The Morgan fingerprint density at radius 2 is 1.36 bits per heavy atom. The lowest BCUT2D eigenvalue weighted by Gasteiger charge is -2.30. The minimum Gasteiger partial charge on any atom is -0.386 e. The highest BCUT2D eigenvalue weighted by molar-refractivity contribution is 8.13. The van der Waals surface area contributed by atoms with Gasteiger partial charge in [-0.15, -0.1) is 0 Å². The quantitative estimate of drug-likeness (QED) is 0.0225. The van der Waals surface area contributed by atoms with Gasteiger partial charge >= 0.3 is 23.5 Å². The number of amides is 2. The predicted molar refractivity (Wildman–Crippen MR) is 284 cm³/mol. The summed E-state index contributed by atoms with van der Waals surface area (Å²) in [4.78, 5) is 88.7. The van der Waals surface area contributed by atoms with Crippen molar-refractivity contribution in [3.05, 3.63) is 12.7 Å². The van der Waals surface area contributed by atoms with Gasteiger partial charge in [-0.3, -0.25) is 32.5 Å². The van der Waals surface area contributed by atoms with Crippen LogP contribution in [0.2, 0.25) is 0 Å². The number of anilines is 1. The molecule has 10 N–H and O–H groups in total. The first-order chi connectivity index (χ1) is 35.4. The van der Waals surface area contributed by atoms with Crippen LogP contribution in [0.15, 0.2) is 12.7 Å². The molecular weight excluding hydrogens is 1060 g/mol. The molecule has 1 fully saturated rings. The van der Waals surface area contributed by atoms with E-state index in [1.165, 1.54) is 129 Å². The first-order valence-electron chi connectivity index (χ1n) is 26.5. The van der Waals surface area contributed by atoms with Crippen LogP contribution in [0.4, 0.5) is 5.82 Å². The van der Waals surface area contributed by atoms with Crippen molar-refractivity contribution in [1.29, 1.82) is 0 Å². The summed E-state index contributed by atoms with van der Waals surface area (Å²) in [5.74, 6) is -0.192. The minimum atomic E-state index is -5.58. The van der Waals surface area contributed by atoms with Crippen molar-refractivity contribution in [2.24, 2.45) is 11.3 Å². The smallest absolute Gasteiger partial charge is 0.386 e. The van der Waals surface area contributed by atoms with E-state index in [-0.39, 0.29) is 41.6 Å². The van der Waals surface area contributed by atoms with E-state index in [2.05, 4.69) is 48.3 Å². The summed E-state index contributed by atoms with van der Waals surface area (Å²) in [5.41, 5.74) is 4.30. The summed E-state index contributed by atoms with van der Waals surface area (Å²) in [6, 6.07) is 0. The number of carbonyl (C=O) groups excluding carboxylic acids is 3. The molecule has 24 nitrogen and oxygen atoms in total. The fourth-order valence-corrected chi connectivity index (χ4v) is 12.0. The van der Waals surface area contributed by atoms with E-state index in [9.17, 15) is 57.9 Å². The average Bonchev–Trinajstić information content (AvgIpc) is 3.90. The summed E-state index contributed by atoms with van der Waals surface area (Å²) in [7, 11) is -16.4. The number of nitrogens with zero attached hydrogens (tertiary/aromatic N) is 4. The Balaban J connectivity index is 1.22. The molecule has 75 heavy (non-hydrogen) atoms. The number of ether oxygens (including phenoxy) is 1. The second kappa shape index (κ2) is 34.5. The number of rotatable bonds is 42. The fourth-order valence-electron chi connectivity index (χ4n) is 8.49. The Kier molecular flexibility index (Phi) is 30.8. The molecule has 0 saturated carbocycles. The number of nitrogen functional groups attached to an aromatic ring is 1. The molecule has 8 atom stereocenters. The second-order valence-electron chi connectivity index (χ2n) is 20.1. The molecule has 432 valence electrons. The topological polar surface area (TPSA) is 364 Å². The van der Waals surface area contributed by atoms with E-state index >= 15 is 0 Å². The molecule has 28 heteroatoms. The Morgan fingerprint density at radius 3 is 1.95 bits per heavy atom. The van der Waals surface area contributed by atoms with Gasteiger partial charge < -0.3 is 50.9 Å². The van der Waals surface area contributed by atoms with E-state index in [1.807, 2.05) is 0 Å². The van der Waals surface area contributed by atoms with Crippen molar-refractivity contribution < 1.29 is 80.5 Å². The van der Waals surface area contributed by atoms with Crippen LogP contribution in [0.5, 0.6) is 0 Å². The molecule has 8 unspecified atom stereocenters. The summed E-state index contributed by atoms with van der Waals surface area (Å²) in [6.07, 6.45) is 20.9. The lowest BCUT2D eigenvalue weighted by molar-refractivity contribution is -0.137. The first kappa shape index (κ1) is 66.8. The predicted octanol–water partition coefficient (Wildman–Crippen LogP) is 7.90. The standard InChI is InChI=1S/C47H86N7O17P3S/c1-5-6-7-8-9-10-11-12-15-18-21-24-35(2)25-22-19-16-13-14-17-20-23-26-38(56)75-30-29-49-37(55)27-28-50-45(59)42(58)47(3,4)32-68-74(65,66)71-73(63,64)67-31-36-41(70-72(60,61)62)40(57)46(69-36)54-34-53-39-43(48)51-33-52-44(39)54/h33-36,40-42,46,57-58H,5-32H2,1-4H3,(H,49,55)(H,50,59)(H,63,64)(H,65,66)(H2,48,51,52)(H2,60,61,62). The van der Waals surface area contributed by atoms with Crippen molar-refractivity contribution in [1.82, 2.24) is 30.2 Å². The van der Waals surface area contributed by atoms with Gasteiger partial charge in [-0.1, -0.05) is 168 Å². The highest BCUT2D eigenvalue weighted by Crippen LogP contribution is 2.61. The molecule has 0 spiro atoms. The Bertz CT molecular complexity index is 2160. The fraction of sp³-hybridized carbons (Fsp3) is 0.830. The van der Waals surface area contributed by atoms with Gasteiger partial charge in [-0.05, 0) is 12.3 Å². The number of carbonyl (C=O) groups is 3. The molecule has 0 bridgehead atoms. The minimum absolute atomic E-state index is 0.0345. The number of imidazole rings is 1. The molecule has 3 rings (SSSR count). The SMILES string of the molecule is CCCCCCCCCCCCCC(C)CCCCCCCCCCC(=O)SCCNC(=O)CCNC(=O)C(O)C(C)(C)COP(=O)(O)OP(=O)(O)OCC1OC(n2cnc3c(N)ncnc32)C(O)C1OP(=O)(O)O. The number of aliphatic hydroxyl groups excluding tert-OH is 2. The number of fused-ring (bicyclic) bond motifs is 1. The number of thioether (sulfide) groups is 1. The summed E-state index contributed by atoms with van der Waals surface area (Å²) >= 11 is 1.16. The summed E-state index contributed by atoms with van der Waals surface area (Å²) < 4.78 is 62.6. The molecule has 0 aromatic carbocycles. The zero-order valence-corrected chi connectivity index (χ0v) is 47.7.